The zero-order valence-electron chi connectivity index (χ0n) is 18.1. The average Bonchev–Trinajstić information content (AvgIpc) is 3.05. The molecule has 2 aromatic rings. The van der Waals surface area contributed by atoms with Crippen LogP contribution in [0.2, 0.25) is 0 Å². The number of rotatable bonds is 11. The van der Waals surface area contributed by atoms with Crippen molar-refractivity contribution in [3.05, 3.63) is 59.7 Å². The number of esters is 1. The summed E-state index contributed by atoms with van der Waals surface area (Å²) in [7, 11) is 1.65. The number of benzene rings is 2. The molecule has 0 saturated heterocycles. The van der Waals surface area contributed by atoms with Gasteiger partial charge in [-0.1, -0.05) is 94.5 Å². The normalized spacial score (nSPS) is 14.9. The fourth-order valence-corrected chi connectivity index (χ4v) is 4.56. The van der Waals surface area contributed by atoms with Gasteiger partial charge in [0.05, 0.1) is 13.2 Å². The summed E-state index contributed by atoms with van der Waals surface area (Å²) in [6, 6.07) is 16.3. The summed E-state index contributed by atoms with van der Waals surface area (Å²) in [5.74, 6) is 0.228. The average molecular weight is 395 g/mol. The number of carbonyl (C=O) groups excluding carboxylic acids is 1. The predicted molar refractivity (Wildman–Crippen MR) is 118 cm³/mol. The van der Waals surface area contributed by atoms with Crippen molar-refractivity contribution in [2.45, 2.75) is 57.8 Å². The Bertz CT molecular complexity index is 766. The molecule has 156 valence electrons. The van der Waals surface area contributed by atoms with E-state index in [0.29, 0.717) is 12.5 Å². The first kappa shape index (κ1) is 21.6. The zero-order valence-corrected chi connectivity index (χ0v) is 18.1. The van der Waals surface area contributed by atoms with Crippen molar-refractivity contribution in [2.75, 3.05) is 20.3 Å². The molecule has 0 heterocycles. The largest absolute Gasteiger partial charge is 0.464 e. The van der Waals surface area contributed by atoms with E-state index in [1.807, 2.05) is 36.4 Å². The van der Waals surface area contributed by atoms with Crippen molar-refractivity contribution >= 4 is 5.97 Å². The second-order valence-electron chi connectivity index (χ2n) is 8.15. The van der Waals surface area contributed by atoms with E-state index in [1.54, 1.807) is 7.11 Å². The lowest BCUT2D eigenvalue weighted by Crippen LogP contribution is -2.41. The van der Waals surface area contributed by atoms with Gasteiger partial charge < -0.3 is 9.47 Å². The Morgan fingerprint density at radius 1 is 0.931 bits per heavy atom. The van der Waals surface area contributed by atoms with Crippen molar-refractivity contribution in [3.63, 3.8) is 0 Å². The number of carbonyl (C=O) groups is 1. The smallest absolute Gasteiger partial charge is 0.323 e. The lowest BCUT2D eigenvalue weighted by molar-refractivity contribution is -0.152. The third-order valence-electron chi connectivity index (χ3n) is 6.27. The molecule has 29 heavy (non-hydrogen) atoms. The molecular weight excluding hydrogens is 360 g/mol. The number of methoxy groups -OCH3 is 1. The van der Waals surface area contributed by atoms with Crippen LogP contribution in [0.3, 0.4) is 0 Å². The van der Waals surface area contributed by atoms with E-state index in [2.05, 4.69) is 26.0 Å². The van der Waals surface area contributed by atoms with Gasteiger partial charge in [0.1, 0.15) is 5.41 Å². The van der Waals surface area contributed by atoms with E-state index in [9.17, 15) is 4.79 Å². The van der Waals surface area contributed by atoms with Crippen LogP contribution in [0.15, 0.2) is 48.5 Å². The molecular formula is C26H34O3. The van der Waals surface area contributed by atoms with Crippen LogP contribution in [-0.4, -0.2) is 26.3 Å². The summed E-state index contributed by atoms with van der Waals surface area (Å²) in [6.45, 7) is 5.18. The highest BCUT2D eigenvalue weighted by atomic mass is 16.5. The number of ether oxygens (including phenoxy) is 2. The summed E-state index contributed by atoms with van der Waals surface area (Å²) >= 11 is 0. The van der Waals surface area contributed by atoms with E-state index in [1.165, 1.54) is 25.7 Å². The summed E-state index contributed by atoms with van der Waals surface area (Å²) in [5, 5.41) is 0. The summed E-state index contributed by atoms with van der Waals surface area (Å²) < 4.78 is 11.6. The molecule has 2 aromatic carbocycles. The summed E-state index contributed by atoms with van der Waals surface area (Å²) in [5.41, 5.74) is 3.29. The first-order valence-corrected chi connectivity index (χ1v) is 11.0. The van der Waals surface area contributed by atoms with Gasteiger partial charge in [0.2, 0.25) is 0 Å². The molecule has 0 spiro atoms. The molecule has 0 radical (unpaired) electrons. The monoisotopic (exact) mass is 394 g/mol. The van der Waals surface area contributed by atoms with Crippen LogP contribution >= 0.6 is 0 Å². The lowest BCUT2D eigenvalue weighted by Gasteiger charge is -2.29. The second kappa shape index (κ2) is 10.1. The van der Waals surface area contributed by atoms with E-state index in [4.69, 9.17) is 9.47 Å². The molecule has 0 aromatic heterocycles. The van der Waals surface area contributed by atoms with Gasteiger partial charge in [0, 0.05) is 7.11 Å². The fourth-order valence-electron chi connectivity index (χ4n) is 4.56. The first-order chi connectivity index (χ1) is 14.2. The van der Waals surface area contributed by atoms with Gasteiger partial charge in [-0.15, -0.1) is 0 Å². The maximum Gasteiger partial charge on any atom is 0.323 e. The molecule has 3 nitrogen and oxygen atoms in total. The Balaban J connectivity index is 1.83. The van der Waals surface area contributed by atoms with E-state index in [-0.39, 0.29) is 12.6 Å². The highest BCUT2D eigenvalue weighted by Gasteiger charge is 2.50. The van der Waals surface area contributed by atoms with Gasteiger partial charge in [-0.2, -0.15) is 0 Å². The van der Waals surface area contributed by atoms with Crippen molar-refractivity contribution < 1.29 is 14.3 Å². The van der Waals surface area contributed by atoms with Crippen molar-refractivity contribution in [1.82, 2.24) is 0 Å². The SMILES string of the molecule is CCCCCCC(CC)COC(=O)C1(COC)c2ccccc2-c2ccccc21. The second-order valence-corrected chi connectivity index (χ2v) is 8.15. The van der Waals surface area contributed by atoms with Gasteiger partial charge in [-0.25, -0.2) is 0 Å². The van der Waals surface area contributed by atoms with Crippen molar-refractivity contribution in [1.29, 1.82) is 0 Å². The summed E-state index contributed by atoms with van der Waals surface area (Å²) in [4.78, 5) is 13.6. The standard InChI is InChI=1S/C26H34O3/c1-4-6-7-8-13-20(5-2)18-29-25(27)26(19-28-3)23-16-11-9-14-21(23)22-15-10-12-17-24(22)26/h9-12,14-17,20H,4-8,13,18-19H2,1-3H3. The van der Waals surface area contributed by atoms with Crippen molar-refractivity contribution in [3.8, 4) is 11.1 Å². The zero-order chi connectivity index (χ0) is 20.7. The fraction of sp³-hybridized carbons (Fsp3) is 0.500. The number of unbranched alkanes of at least 4 members (excludes halogenated alkanes) is 3. The van der Waals surface area contributed by atoms with Crippen LogP contribution in [0, 0.1) is 5.92 Å². The lowest BCUT2D eigenvalue weighted by atomic mass is 9.79. The van der Waals surface area contributed by atoms with Gasteiger partial charge in [-0.05, 0) is 34.6 Å². The van der Waals surface area contributed by atoms with Crippen LogP contribution in [0.5, 0.6) is 0 Å². The molecule has 0 N–H and O–H groups in total. The Morgan fingerprint density at radius 3 is 2.10 bits per heavy atom. The minimum atomic E-state index is -0.886. The molecule has 0 amide bonds. The number of fused-ring (bicyclic) bond motifs is 3. The highest BCUT2D eigenvalue weighted by molar-refractivity contribution is 5.98. The molecule has 0 bridgehead atoms. The Kier molecular flexibility index (Phi) is 7.49. The maximum absolute atomic E-state index is 13.6. The van der Waals surface area contributed by atoms with Crippen LogP contribution < -0.4 is 0 Å². The quantitative estimate of drug-likeness (QED) is 0.339. The van der Waals surface area contributed by atoms with Crippen LogP contribution in [0.1, 0.15) is 63.5 Å². The molecule has 1 unspecified atom stereocenters. The molecule has 1 aliphatic rings. The van der Waals surface area contributed by atoms with E-state index >= 15 is 0 Å². The third kappa shape index (κ3) is 4.25. The van der Waals surface area contributed by atoms with Gasteiger partial charge in [0.25, 0.3) is 0 Å². The molecule has 1 atom stereocenters. The van der Waals surface area contributed by atoms with Crippen LogP contribution in [0.25, 0.3) is 11.1 Å². The van der Waals surface area contributed by atoms with E-state index in [0.717, 1.165) is 35.1 Å². The number of hydrogen-bond donors (Lipinski definition) is 0. The predicted octanol–water partition coefficient (Wildman–Crippen LogP) is 6.14. The molecule has 0 fully saturated rings. The topological polar surface area (TPSA) is 35.5 Å². The van der Waals surface area contributed by atoms with Gasteiger partial charge >= 0.3 is 5.97 Å². The number of hydrogen-bond acceptors (Lipinski definition) is 3. The minimum Gasteiger partial charge on any atom is -0.464 e. The van der Waals surface area contributed by atoms with Gasteiger partial charge in [-0.3, -0.25) is 4.79 Å². The Morgan fingerprint density at radius 2 is 1.55 bits per heavy atom. The van der Waals surface area contributed by atoms with Crippen LogP contribution in [-0.2, 0) is 19.7 Å². The van der Waals surface area contributed by atoms with Gasteiger partial charge in [0.15, 0.2) is 0 Å². The maximum atomic E-state index is 13.6. The highest BCUT2D eigenvalue weighted by Crippen LogP contribution is 2.49. The molecule has 3 rings (SSSR count). The minimum absolute atomic E-state index is 0.191. The third-order valence-corrected chi connectivity index (χ3v) is 6.27. The summed E-state index contributed by atoms with van der Waals surface area (Å²) in [6.07, 6.45) is 7.14. The van der Waals surface area contributed by atoms with Crippen LogP contribution in [0.4, 0.5) is 0 Å². The molecule has 0 aliphatic heterocycles. The molecule has 0 saturated carbocycles. The molecule has 1 aliphatic carbocycles. The molecule has 3 heteroatoms. The first-order valence-electron chi connectivity index (χ1n) is 11.0. The van der Waals surface area contributed by atoms with Crippen molar-refractivity contribution in [2.24, 2.45) is 5.92 Å². The van der Waals surface area contributed by atoms with E-state index < -0.39 is 5.41 Å². The Hall–Kier alpha value is -2.13. The Labute approximate surface area is 175 Å².